The van der Waals surface area contributed by atoms with Gasteiger partial charge in [0, 0.05) is 10.7 Å². The smallest absolute Gasteiger partial charge is 0.221 e. The zero-order valence-corrected chi connectivity index (χ0v) is 12.9. The number of halogens is 2. The molecule has 0 saturated heterocycles. The molecule has 6 heteroatoms. The molecule has 2 aromatic rings. The van der Waals surface area contributed by atoms with E-state index in [1.54, 1.807) is 6.20 Å². The quantitative estimate of drug-likeness (QED) is 0.862. The highest BCUT2D eigenvalue weighted by Crippen LogP contribution is 2.25. The standard InChI is InChI=1S/C12H12Br2N4/c1-7(8-3-2-4-9(13)5-8)17-11-10(14)6-16-12(15)18-11/h2-7H,1H3,(H3,15,16,17,18). The maximum Gasteiger partial charge on any atom is 0.221 e. The lowest BCUT2D eigenvalue weighted by atomic mass is 10.1. The first-order valence-corrected chi connectivity index (χ1v) is 6.95. The first-order chi connectivity index (χ1) is 8.56. The average Bonchev–Trinajstić information content (AvgIpc) is 2.34. The fraction of sp³-hybridized carbons (Fsp3) is 0.167. The first kappa shape index (κ1) is 13.3. The monoisotopic (exact) mass is 370 g/mol. The molecule has 3 N–H and O–H groups in total. The van der Waals surface area contributed by atoms with E-state index in [1.807, 2.05) is 12.1 Å². The highest BCUT2D eigenvalue weighted by Gasteiger charge is 2.09. The largest absolute Gasteiger partial charge is 0.368 e. The van der Waals surface area contributed by atoms with Crippen LogP contribution in [0.15, 0.2) is 39.4 Å². The number of nitrogens with two attached hydrogens (primary N) is 1. The fourth-order valence-corrected chi connectivity index (χ4v) is 2.27. The van der Waals surface area contributed by atoms with Crippen molar-refractivity contribution in [3.8, 4) is 0 Å². The van der Waals surface area contributed by atoms with Crippen molar-refractivity contribution in [2.45, 2.75) is 13.0 Å². The molecule has 1 atom stereocenters. The molecular formula is C12H12Br2N4. The number of aromatic nitrogens is 2. The van der Waals surface area contributed by atoms with Gasteiger partial charge in [0.25, 0.3) is 0 Å². The molecule has 1 unspecified atom stereocenters. The third kappa shape index (κ3) is 3.20. The van der Waals surface area contributed by atoms with Gasteiger partial charge in [-0.15, -0.1) is 0 Å². The topological polar surface area (TPSA) is 63.8 Å². The number of hydrogen-bond donors (Lipinski definition) is 2. The molecule has 0 aliphatic rings. The van der Waals surface area contributed by atoms with Gasteiger partial charge in [-0.1, -0.05) is 28.1 Å². The highest BCUT2D eigenvalue weighted by molar-refractivity contribution is 9.10. The number of benzene rings is 1. The molecule has 18 heavy (non-hydrogen) atoms. The Kier molecular flexibility index (Phi) is 4.19. The Morgan fingerprint density at radius 2 is 2.11 bits per heavy atom. The van der Waals surface area contributed by atoms with Crippen molar-refractivity contribution in [3.05, 3.63) is 45.0 Å². The van der Waals surface area contributed by atoms with Gasteiger partial charge in [-0.2, -0.15) is 4.98 Å². The molecule has 1 aromatic carbocycles. The van der Waals surface area contributed by atoms with Crippen molar-refractivity contribution in [1.29, 1.82) is 0 Å². The number of nitrogen functional groups attached to an aromatic ring is 1. The van der Waals surface area contributed by atoms with Crippen LogP contribution in [-0.4, -0.2) is 9.97 Å². The highest BCUT2D eigenvalue weighted by atomic mass is 79.9. The molecule has 1 heterocycles. The van der Waals surface area contributed by atoms with Crippen molar-refractivity contribution in [2.75, 3.05) is 11.1 Å². The molecule has 2 rings (SSSR count). The van der Waals surface area contributed by atoms with E-state index < -0.39 is 0 Å². The van der Waals surface area contributed by atoms with Crippen LogP contribution in [0, 0.1) is 0 Å². The molecule has 0 saturated carbocycles. The maximum absolute atomic E-state index is 5.58. The van der Waals surface area contributed by atoms with Gasteiger partial charge in [0.15, 0.2) is 0 Å². The molecule has 0 aliphatic carbocycles. The summed E-state index contributed by atoms with van der Waals surface area (Å²) in [5, 5.41) is 3.30. The normalized spacial score (nSPS) is 12.2. The number of anilines is 2. The number of rotatable bonds is 3. The summed E-state index contributed by atoms with van der Waals surface area (Å²) >= 11 is 6.85. The zero-order chi connectivity index (χ0) is 13.1. The van der Waals surface area contributed by atoms with E-state index in [1.165, 1.54) is 0 Å². The predicted octanol–water partition coefficient (Wildman–Crippen LogP) is 3.76. The van der Waals surface area contributed by atoms with E-state index in [0.717, 1.165) is 14.5 Å². The van der Waals surface area contributed by atoms with E-state index in [2.05, 4.69) is 66.2 Å². The molecule has 4 nitrogen and oxygen atoms in total. The van der Waals surface area contributed by atoms with Crippen LogP contribution in [0.4, 0.5) is 11.8 Å². The first-order valence-electron chi connectivity index (χ1n) is 5.36. The predicted molar refractivity (Wildman–Crippen MR) is 80.3 cm³/mol. The lowest BCUT2D eigenvalue weighted by Crippen LogP contribution is -2.10. The van der Waals surface area contributed by atoms with E-state index >= 15 is 0 Å². The zero-order valence-electron chi connectivity index (χ0n) is 9.69. The Morgan fingerprint density at radius 3 is 2.83 bits per heavy atom. The number of hydrogen-bond acceptors (Lipinski definition) is 4. The molecule has 0 radical (unpaired) electrons. The second-order valence-electron chi connectivity index (χ2n) is 3.85. The van der Waals surface area contributed by atoms with Gasteiger partial charge in [0.2, 0.25) is 5.95 Å². The van der Waals surface area contributed by atoms with Crippen LogP contribution >= 0.6 is 31.9 Å². The maximum atomic E-state index is 5.58. The molecular weight excluding hydrogens is 360 g/mol. The average molecular weight is 372 g/mol. The van der Waals surface area contributed by atoms with Crippen LogP contribution in [0.2, 0.25) is 0 Å². The van der Waals surface area contributed by atoms with Crippen LogP contribution in [0.1, 0.15) is 18.5 Å². The summed E-state index contributed by atoms with van der Waals surface area (Å²) in [4.78, 5) is 8.06. The van der Waals surface area contributed by atoms with E-state index in [-0.39, 0.29) is 12.0 Å². The molecule has 0 fully saturated rings. The molecule has 0 aliphatic heterocycles. The molecule has 94 valence electrons. The van der Waals surface area contributed by atoms with Crippen molar-refractivity contribution in [2.24, 2.45) is 0 Å². The second kappa shape index (κ2) is 5.67. The number of nitrogens with one attached hydrogen (secondary N) is 1. The van der Waals surface area contributed by atoms with Crippen molar-refractivity contribution < 1.29 is 0 Å². The van der Waals surface area contributed by atoms with Gasteiger partial charge in [-0.05, 0) is 40.5 Å². The van der Waals surface area contributed by atoms with Gasteiger partial charge < -0.3 is 11.1 Å². The Balaban J connectivity index is 2.21. The van der Waals surface area contributed by atoms with E-state index in [9.17, 15) is 0 Å². The van der Waals surface area contributed by atoms with Crippen LogP contribution in [0.3, 0.4) is 0 Å². The Morgan fingerprint density at radius 1 is 1.33 bits per heavy atom. The Labute approximate surface area is 122 Å². The lowest BCUT2D eigenvalue weighted by Gasteiger charge is -2.16. The molecule has 0 spiro atoms. The molecule has 0 bridgehead atoms. The number of nitrogens with zero attached hydrogens (tertiary/aromatic N) is 2. The summed E-state index contributed by atoms with van der Waals surface area (Å²) < 4.78 is 1.84. The molecule has 0 amide bonds. The Bertz CT molecular complexity index is 560. The molecule has 1 aromatic heterocycles. The summed E-state index contributed by atoms with van der Waals surface area (Å²) in [6.07, 6.45) is 1.64. The van der Waals surface area contributed by atoms with Crippen LogP contribution in [0.5, 0.6) is 0 Å². The summed E-state index contributed by atoms with van der Waals surface area (Å²) in [5.41, 5.74) is 6.74. The minimum Gasteiger partial charge on any atom is -0.368 e. The SMILES string of the molecule is CC(Nc1nc(N)ncc1Br)c1cccc(Br)c1. The minimum atomic E-state index is 0.119. The fourth-order valence-electron chi connectivity index (χ4n) is 1.55. The third-order valence-electron chi connectivity index (χ3n) is 2.46. The summed E-state index contributed by atoms with van der Waals surface area (Å²) in [7, 11) is 0. The van der Waals surface area contributed by atoms with Crippen LogP contribution < -0.4 is 11.1 Å². The Hall–Kier alpha value is -1.14. The summed E-state index contributed by atoms with van der Waals surface area (Å²) in [6.45, 7) is 2.06. The lowest BCUT2D eigenvalue weighted by molar-refractivity contribution is 0.870. The van der Waals surface area contributed by atoms with Gasteiger partial charge in [-0.25, -0.2) is 4.98 Å². The third-order valence-corrected chi connectivity index (χ3v) is 3.54. The van der Waals surface area contributed by atoms with Crippen LogP contribution in [-0.2, 0) is 0 Å². The van der Waals surface area contributed by atoms with E-state index in [4.69, 9.17) is 5.73 Å². The summed E-state index contributed by atoms with van der Waals surface area (Å²) in [6, 6.07) is 8.24. The van der Waals surface area contributed by atoms with Gasteiger partial charge >= 0.3 is 0 Å². The minimum absolute atomic E-state index is 0.119. The van der Waals surface area contributed by atoms with Crippen molar-refractivity contribution in [3.63, 3.8) is 0 Å². The van der Waals surface area contributed by atoms with Crippen molar-refractivity contribution in [1.82, 2.24) is 9.97 Å². The van der Waals surface area contributed by atoms with Gasteiger partial charge in [-0.3, -0.25) is 0 Å². The van der Waals surface area contributed by atoms with Gasteiger partial charge in [0.1, 0.15) is 5.82 Å². The second-order valence-corrected chi connectivity index (χ2v) is 5.62. The summed E-state index contributed by atoms with van der Waals surface area (Å²) in [5.74, 6) is 0.942. The van der Waals surface area contributed by atoms with Crippen molar-refractivity contribution >= 4 is 43.6 Å². The van der Waals surface area contributed by atoms with Gasteiger partial charge in [0.05, 0.1) is 10.5 Å². The van der Waals surface area contributed by atoms with E-state index in [0.29, 0.717) is 5.82 Å². The van der Waals surface area contributed by atoms with Crippen LogP contribution in [0.25, 0.3) is 0 Å².